The van der Waals surface area contributed by atoms with Crippen molar-refractivity contribution in [1.29, 1.82) is 0 Å². The Morgan fingerprint density at radius 3 is 2.23 bits per heavy atom. The van der Waals surface area contributed by atoms with Crippen molar-refractivity contribution < 1.29 is 17.6 Å². The first kappa shape index (κ1) is 20.5. The van der Waals surface area contributed by atoms with Crippen molar-refractivity contribution in [3.8, 4) is 16.9 Å². The molecule has 3 aromatic carbocycles. The number of amides is 1. The fourth-order valence-electron chi connectivity index (χ4n) is 3.08. The van der Waals surface area contributed by atoms with Gasteiger partial charge in [0.1, 0.15) is 11.5 Å². The number of benzene rings is 3. The predicted octanol–water partition coefficient (Wildman–Crippen LogP) is 4.33. The molecule has 4 rings (SSSR count). The summed E-state index contributed by atoms with van der Waals surface area (Å²) in [6.07, 6.45) is 2.69. The van der Waals surface area contributed by atoms with Gasteiger partial charge >= 0.3 is 0 Å². The Morgan fingerprint density at radius 2 is 1.58 bits per heavy atom. The van der Waals surface area contributed by atoms with Crippen LogP contribution in [0.15, 0.2) is 90.0 Å². The van der Waals surface area contributed by atoms with E-state index >= 15 is 0 Å². The fourth-order valence-corrected chi connectivity index (χ4v) is 3.71. The number of carbonyl (C=O) groups excluding carboxylic acids is 1. The molecule has 1 aromatic heterocycles. The molecule has 0 aliphatic carbocycles. The summed E-state index contributed by atoms with van der Waals surface area (Å²) < 4.78 is 39.1. The Kier molecular flexibility index (Phi) is 5.39. The molecule has 31 heavy (non-hydrogen) atoms. The van der Waals surface area contributed by atoms with Crippen LogP contribution in [0.1, 0.15) is 10.4 Å². The van der Waals surface area contributed by atoms with Crippen LogP contribution in [0.4, 0.5) is 10.1 Å². The molecule has 1 heterocycles. The number of hydrogen-bond donors (Lipinski definition) is 1. The van der Waals surface area contributed by atoms with Crippen LogP contribution in [0.3, 0.4) is 0 Å². The standard InChI is InChI=1S/C23H18FN3O3S/c1-31(29,30)18-13-11-16(12-14-18)22-19(15-27(26-22)17-7-3-2-4-8-17)23(28)25-21-10-6-5-9-20(21)24/h2-15H,1H3,(H,25,28). The third-order valence-electron chi connectivity index (χ3n) is 4.66. The number of hydrogen-bond acceptors (Lipinski definition) is 4. The first-order valence-corrected chi connectivity index (χ1v) is 11.2. The minimum Gasteiger partial charge on any atom is -0.319 e. The largest absolute Gasteiger partial charge is 0.319 e. The Hall–Kier alpha value is -3.78. The topological polar surface area (TPSA) is 81.1 Å². The second kappa shape index (κ2) is 8.16. The lowest BCUT2D eigenvalue weighted by molar-refractivity contribution is 0.102. The van der Waals surface area contributed by atoms with Gasteiger partial charge in [0.25, 0.3) is 5.91 Å². The van der Waals surface area contributed by atoms with Crippen LogP contribution in [-0.2, 0) is 9.84 Å². The summed E-state index contributed by atoms with van der Waals surface area (Å²) in [7, 11) is -3.36. The molecule has 0 spiro atoms. The van der Waals surface area contributed by atoms with Gasteiger partial charge in [-0.3, -0.25) is 4.79 Å². The number of sulfone groups is 1. The van der Waals surface area contributed by atoms with E-state index in [-0.39, 0.29) is 16.1 Å². The molecule has 0 unspecified atom stereocenters. The molecule has 0 saturated heterocycles. The highest BCUT2D eigenvalue weighted by molar-refractivity contribution is 7.90. The molecule has 1 amide bonds. The van der Waals surface area contributed by atoms with Crippen LogP contribution in [0.5, 0.6) is 0 Å². The van der Waals surface area contributed by atoms with Crippen LogP contribution in [-0.4, -0.2) is 30.4 Å². The molecule has 0 aliphatic rings. The number of nitrogens with zero attached hydrogens (tertiary/aromatic N) is 2. The number of carbonyl (C=O) groups is 1. The highest BCUT2D eigenvalue weighted by atomic mass is 32.2. The minimum absolute atomic E-state index is 0.0540. The van der Waals surface area contributed by atoms with E-state index in [0.29, 0.717) is 11.3 Å². The quantitative estimate of drug-likeness (QED) is 0.506. The van der Waals surface area contributed by atoms with Crippen molar-refractivity contribution in [3.63, 3.8) is 0 Å². The zero-order valence-corrected chi connectivity index (χ0v) is 17.3. The van der Waals surface area contributed by atoms with Gasteiger partial charge in [0.05, 0.1) is 21.8 Å². The van der Waals surface area contributed by atoms with Gasteiger partial charge in [-0.05, 0) is 36.4 Å². The maximum absolute atomic E-state index is 14.0. The van der Waals surface area contributed by atoms with E-state index in [1.165, 1.54) is 30.3 Å². The van der Waals surface area contributed by atoms with E-state index in [2.05, 4.69) is 10.4 Å². The first-order chi connectivity index (χ1) is 14.8. The zero-order valence-electron chi connectivity index (χ0n) is 16.5. The predicted molar refractivity (Wildman–Crippen MR) is 116 cm³/mol. The van der Waals surface area contributed by atoms with Crippen molar-refractivity contribution in [1.82, 2.24) is 9.78 Å². The van der Waals surface area contributed by atoms with Crippen LogP contribution in [0.25, 0.3) is 16.9 Å². The Balaban J connectivity index is 1.78. The third-order valence-corrected chi connectivity index (χ3v) is 5.79. The van der Waals surface area contributed by atoms with Crippen molar-refractivity contribution in [2.75, 3.05) is 11.6 Å². The summed E-state index contributed by atoms with van der Waals surface area (Å²) in [6.45, 7) is 0. The molecule has 156 valence electrons. The van der Waals surface area contributed by atoms with E-state index in [1.54, 1.807) is 29.1 Å². The molecular weight excluding hydrogens is 417 g/mol. The van der Waals surface area contributed by atoms with E-state index in [4.69, 9.17) is 0 Å². The van der Waals surface area contributed by atoms with Crippen LogP contribution < -0.4 is 5.32 Å². The fraction of sp³-hybridized carbons (Fsp3) is 0.0435. The number of halogens is 1. The number of para-hydroxylation sites is 2. The first-order valence-electron chi connectivity index (χ1n) is 9.34. The Labute approximate surface area is 178 Å². The molecule has 8 heteroatoms. The third kappa shape index (κ3) is 4.39. The maximum Gasteiger partial charge on any atom is 0.259 e. The van der Waals surface area contributed by atoms with Crippen molar-refractivity contribution in [2.45, 2.75) is 4.90 Å². The monoisotopic (exact) mass is 435 g/mol. The van der Waals surface area contributed by atoms with Crippen LogP contribution >= 0.6 is 0 Å². The Bertz CT molecular complexity index is 1350. The highest BCUT2D eigenvalue weighted by Gasteiger charge is 2.20. The lowest BCUT2D eigenvalue weighted by Crippen LogP contribution is -2.13. The van der Waals surface area contributed by atoms with Gasteiger partial charge in [-0.15, -0.1) is 0 Å². The van der Waals surface area contributed by atoms with E-state index < -0.39 is 21.6 Å². The molecule has 0 atom stereocenters. The molecule has 0 fully saturated rings. The van der Waals surface area contributed by atoms with Gasteiger partial charge in [-0.2, -0.15) is 5.10 Å². The van der Waals surface area contributed by atoms with Gasteiger partial charge in [0.15, 0.2) is 9.84 Å². The summed E-state index contributed by atoms with van der Waals surface area (Å²) in [5, 5.41) is 7.11. The number of nitrogens with one attached hydrogen (secondary N) is 1. The SMILES string of the molecule is CS(=O)(=O)c1ccc(-c2nn(-c3ccccc3)cc2C(=O)Nc2ccccc2F)cc1. The lowest BCUT2D eigenvalue weighted by Gasteiger charge is -2.07. The number of aromatic nitrogens is 2. The van der Waals surface area contributed by atoms with Gasteiger partial charge in [-0.1, -0.05) is 42.5 Å². The van der Waals surface area contributed by atoms with Gasteiger partial charge in [-0.25, -0.2) is 17.5 Å². The molecule has 6 nitrogen and oxygen atoms in total. The molecular formula is C23H18FN3O3S. The van der Waals surface area contributed by atoms with E-state index in [1.807, 2.05) is 30.3 Å². The summed E-state index contributed by atoms with van der Waals surface area (Å²) in [5.74, 6) is -1.08. The molecule has 0 bridgehead atoms. The van der Waals surface area contributed by atoms with Gasteiger partial charge < -0.3 is 5.32 Å². The van der Waals surface area contributed by atoms with Gasteiger partial charge in [0.2, 0.25) is 0 Å². The second-order valence-electron chi connectivity index (χ2n) is 6.90. The van der Waals surface area contributed by atoms with Crippen LogP contribution in [0, 0.1) is 5.82 Å². The number of rotatable bonds is 5. The Morgan fingerprint density at radius 1 is 0.935 bits per heavy atom. The maximum atomic E-state index is 14.0. The molecule has 1 N–H and O–H groups in total. The smallest absolute Gasteiger partial charge is 0.259 e. The second-order valence-corrected chi connectivity index (χ2v) is 8.92. The highest BCUT2D eigenvalue weighted by Crippen LogP contribution is 2.26. The van der Waals surface area contributed by atoms with E-state index in [0.717, 1.165) is 11.9 Å². The normalized spacial score (nSPS) is 11.3. The number of anilines is 1. The summed E-state index contributed by atoms with van der Waals surface area (Å²) in [6, 6.07) is 21.2. The zero-order chi connectivity index (χ0) is 22.0. The average Bonchev–Trinajstić information content (AvgIpc) is 3.21. The van der Waals surface area contributed by atoms with Crippen molar-refractivity contribution in [3.05, 3.63) is 96.4 Å². The molecule has 0 saturated carbocycles. The molecule has 0 radical (unpaired) electrons. The van der Waals surface area contributed by atoms with Crippen LogP contribution in [0.2, 0.25) is 0 Å². The average molecular weight is 435 g/mol. The van der Waals surface area contributed by atoms with Gasteiger partial charge in [0, 0.05) is 18.0 Å². The van der Waals surface area contributed by atoms with Crippen molar-refractivity contribution >= 4 is 21.4 Å². The summed E-state index contributed by atoms with van der Waals surface area (Å²) in [4.78, 5) is 13.2. The summed E-state index contributed by atoms with van der Waals surface area (Å²) in [5.41, 5.74) is 1.91. The van der Waals surface area contributed by atoms with Crippen molar-refractivity contribution in [2.24, 2.45) is 0 Å². The van der Waals surface area contributed by atoms with E-state index in [9.17, 15) is 17.6 Å². The lowest BCUT2D eigenvalue weighted by atomic mass is 10.1. The minimum atomic E-state index is -3.36. The summed E-state index contributed by atoms with van der Waals surface area (Å²) >= 11 is 0. The molecule has 0 aliphatic heterocycles. The molecule has 4 aromatic rings.